The van der Waals surface area contributed by atoms with Crippen LogP contribution in [0.25, 0.3) is 0 Å². The summed E-state index contributed by atoms with van der Waals surface area (Å²) in [5.74, 6) is -0.969. The number of amides is 2. The van der Waals surface area contributed by atoms with E-state index in [1.807, 2.05) is 0 Å². The molecule has 122 valence electrons. The first-order valence-corrected chi connectivity index (χ1v) is 8.73. The first-order valence-electron chi connectivity index (χ1n) is 7.54. The van der Waals surface area contributed by atoms with Gasteiger partial charge in [-0.3, -0.25) is 14.6 Å². The van der Waals surface area contributed by atoms with Crippen LogP contribution < -0.4 is 4.90 Å². The highest BCUT2D eigenvalue weighted by atomic mass is 35.5. The molecule has 1 aliphatic heterocycles. The van der Waals surface area contributed by atoms with Gasteiger partial charge in [-0.15, -0.1) is 11.6 Å². The largest absolute Gasteiger partial charge is 0.281 e. The lowest BCUT2D eigenvalue weighted by Crippen LogP contribution is -2.31. The average Bonchev–Trinajstić information content (AvgIpc) is 2.75. The molecule has 1 unspecified atom stereocenters. The van der Waals surface area contributed by atoms with Gasteiger partial charge in [0.15, 0.2) is 5.38 Å². The third-order valence-electron chi connectivity index (χ3n) is 4.16. The van der Waals surface area contributed by atoms with Gasteiger partial charge in [-0.25, -0.2) is 4.90 Å². The van der Waals surface area contributed by atoms with Crippen molar-refractivity contribution >= 4 is 58.0 Å². The maximum atomic E-state index is 12.6. The SMILES string of the molecule is O=C1C(=NC2CCCCC2)C(Cl)C(=O)N1c1ccc(Cl)c(Cl)c1. The number of aliphatic imine (C=N–C) groups is 1. The number of nitrogens with zero attached hydrogens (tertiary/aromatic N) is 2. The molecule has 4 nitrogen and oxygen atoms in total. The number of rotatable bonds is 2. The molecular formula is C16H15Cl3N2O2. The average molecular weight is 374 g/mol. The van der Waals surface area contributed by atoms with Crippen molar-refractivity contribution in [3.63, 3.8) is 0 Å². The van der Waals surface area contributed by atoms with E-state index in [1.165, 1.54) is 12.5 Å². The van der Waals surface area contributed by atoms with Gasteiger partial charge in [0.25, 0.3) is 11.8 Å². The van der Waals surface area contributed by atoms with Crippen LogP contribution in [0.3, 0.4) is 0 Å². The number of hydrogen-bond donors (Lipinski definition) is 0. The van der Waals surface area contributed by atoms with Crippen molar-refractivity contribution in [3.05, 3.63) is 28.2 Å². The van der Waals surface area contributed by atoms with E-state index >= 15 is 0 Å². The molecule has 2 fully saturated rings. The number of halogens is 3. The Kier molecular flexibility index (Phi) is 4.95. The lowest BCUT2D eigenvalue weighted by atomic mass is 9.96. The Morgan fingerprint density at radius 1 is 1.04 bits per heavy atom. The predicted octanol–water partition coefficient (Wildman–Crippen LogP) is 4.25. The number of hydrogen-bond acceptors (Lipinski definition) is 3. The van der Waals surface area contributed by atoms with Crippen LogP contribution in [0.1, 0.15) is 32.1 Å². The fraction of sp³-hybridized carbons (Fsp3) is 0.438. The van der Waals surface area contributed by atoms with Crippen molar-refractivity contribution in [2.45, 2.75) is 43.5 Å². The quantitative estimate of drug-likeness (QED) is 0.575. The Morgan fingerprint density at radius 3 is 2.39 bits per heavy atom. The molecule has 1 atom stereocenters. The molecule has 0 N–H and O–H groups in total. The summed E-state index contributed by atoms with van der Waals surface area (Å²) in [6.07, 6.45) is 5.23. The van der Waals surface area contributed by atoms with Crippen molar-refractivity contribution in [2.75, 3.05) is 4.90 Å². The van der Waals surface area contributed by atoms with Gasteiger partial charge in [-0.05, 0) is 31.0 Å². The van der Waals surface area contributed by atoms with Crippen molar-refractivity contribution in [2.24, 2.45) is 4.99 Å². The molecule has 1 aromatic rings. The zero-order valence-electron chi connectivity index (χ0n) is 12.3. The Balaban J connectivity index is 1.91. The lowest BCUT2D eigenvalue weighted by molar-refractivity contribution is -0.120. The monoisotopic (exact) mass is 372 g/mol. The minimum absolute atomic E-state index is 0.0745. The Bertz CT molecular complexity index is 684. The van der Waals surface area contributed by atoms with Crippen molar-refractivity contribution in [1.82, 2.24) is 0 Å². The fourth-order valence-corrected chi connectivity index (χ4v) is 3.49. The number of imide groups is 1. The van der Waals surface area contributed by atoms with Crippen LogP contribution in [-0.2, 0) is 9.59 Å². The zero-order valence-corrected chi connectivity index (χ0v) is 14.5. The summed E-state index contributed by atoms with van der Waals surface area (Å²) in [5.41, 5.74) is 0.489. The highest BCUT2D eigenvalue weighted by Gasteiger charge is 2.45. The van der Waals surface area contributed by atoms with Gasteiger partial charge in [-0.1, -0.05) is 42.5 Å². The highest BCUT2D eigenvalue weighted by Crippen LogP contribution is 2.31. The van der Waals surface area contributed by atoms with Crippen LogP contribution in [0.5, 0.6) is 0 Å². The van der Waals surface area contributed by atoms with Crippen molar-refractivity contribution < 1.29 is 9.59 Å². The van der Waals surface area contributed by atoms with Crippen LogP contribution in [0.2, 0.25) is 10.0 Å². The molecule has 1 saturated carbocycles. The van der Waals surface area contributed by atoms with E-state index in [1.54, 1.807) is 12.1 Å². The van der Waals surface area contributed by atoms with E-state index in [2.05, 4.69) is 4.99 Å². The minimum Gasteiger partial charge on any atom is -0.279 e. The molecule has 2 amide bonds. The van der Waals surface area contributed by atoms with Crippen molar-refractivity contribution in [1.29, 1.82) is 0 Å². The fourth-order valence-electron chi connectivity index (χ4n) is 2.95. The molecule has 3 rings (SSSR count). The van der Waals surface area contributed by atoms with Crippen LogP contribution in [0.15, 0.2) is 23.2 Å². The van der Waals surface area contributed by atoms with E-state index in [0.29, 0.717) is 10.7 Å². The maximum Gasteiger partial charge on any atom is 0.281 e. The number of carbonyl (C=O) groups excluding carboxylic acids is 2. The summed E-state index contributed by atoms with van der Waals surface area (Å²) >= 11 is 18.0. The Morgan fingerprint density at radius 2 is 1.74 bits per heavy atom. The van der Waals surface area contributed by atoms with Gasteiger partial charge in [0.2, 0.25) is 0 Å². The van der Waals surface area contributed by atoms with Crippen LogP contribution in [-0.4, -0.2) is 28.9 Å². The molecule has 0 spiro atoms. The standard InChI is InChI=1S/C16H15Cl3N2O2/c17-11-7-6-10(8-12(11)18)21-15(22)13(19)14(16(21)23)20-9-4-2-1-3-5-9/h6-9,13H,1-5H2. The number of anilines is 1. The van der Waals surface area contributed by atoms with E-state index in [4.69, 9.17) is 34.8 Å². The summed E-state index contributed by atoms with van der Waals surface area (Å²) in [6.45, 7) is 0. The van der Waals surface area contributed by atoms with E-state index in [-0.39, 0.29) is 16.8 Å². The summed E-state index contributed by atoms with van der Waals surface area (Å²) in [7, 11) is 0. The molecule has 0 radical (unpaired) electrons. The summed E-state index contributed by atoms with van der Waals surface area (Å²) in [4.78, 5) is 30.5. The van der Waals surface area contributed by atoms with Gasteiger partial charge in [-0.2, -0.15) is 0 Å². The second-order valence-corrected chi connectivity index (χ2v) is 7.00. The zero-order chi connectivity index (χ0) is 16.6. The Labute approximate surface area is 149 Å². The van der Waals surface area contributed by atoms with Crippen LogP contribution in [0.4, 0.5) is 5.69 Å². The normalized spacial score (nSPS) is 24.7. The molecule has 23 heavy (non-hydrogen) atoms. The molecule has 1 aliphatic carbocycles. The first kappa shape index (κ1) is 16.7. The molecule has 0 aromatic heterocycles. The van der Waals surface area contributed by atoms with Crippen molar-refractivity contribution in [3.8, 4) is 0 Å². The molecule has 1 saturated heterocycles. The Hall–Kier alpha value is -1.10. The molecule has 0 bridgehead atoms. The molecule has 1 aromatic carbocycles. The lowest BCUT2D eigenvalue weighted by Gasteiger charge is -2.18. The number of alkyl halides is 1. The smallest absolute Gasteiger partial charge is 0.279 e. The van der Waals surface area contributed by atoms with E-state index in [9.17, 15) is 9.59 Å². The van der Waals surface area contributed by atoms with Gasteiger partial charge in [0.1, 0.15) is 5.71 Å². The molecule has 7 heteroatoms. The predicted molar refractivity (Wildman–Crippen MR) is 92.9 cm³/mol. The molecule has 2 aliphatic rings. The maximum absolute atomic E-state index is 12.6. The van der Waals surface area contributed by atoms with E-state index < -0.39 is 17.2 Å². The first-order chi connectivity index (χ1) is 11.0. The summed E-state index contributed by atoms with van der Waals surface area (Å²) in [6, 6.07) is 4.66. The van der Waals surface area contributed by atoms with Gasteiger partial charge < -0.3 is 0 Å². The summed E-state index contributed by atoms with van der Waals surface area (Å²) in [5, 5.41) is -0.416. The van der Waals surface area contributed by atoms with E-state index in [0.717, 1.165) is 30.6 Å². The van der Waals surface area contributed by atoms with Crippen LogP contribution in [0, 0.1) is 0 Å². The molecular weight excluding hydrogens is 359 g/mol. The third kappa shape index (κ3) is 3.25. The number of benzene rings is 1. The topological polar surface area (TPSA) is 49.7 Å². The van der Waals surface area contributed by atoms with Gasteiger partial charge in [0.05, 0.1) is 21.8 Å². The van der Waals surface area contributed by atoms with Gasteiger partial charge >= 0.3 is 0 Å². The highest BCUT2D eigenvalue weighted by molar-refractivity contribution is 6.68. The van der Waals surface area contributed by atoms with Crippen LogP contribution >= 0.6 is 34.8 Å². The number of carbonyl (C=O) groups is 2. The summed E-state index contributed by atoms with van der Waals surface area (Å²) < 4.78 is 0. The van der Waals surface area contributed by atoms with Gasteiger partial charge in [0, 0.05) is 0 Å². The third-order valence-corrected chi connectivity index (χ3v) is 5.29. The second-order valence-electron chi connectivity index (χ2n) is 5.75. The minimum atomic E-state index is -1.04. The molecule has 1 heterocycles. The second kappa shape index (κ2) is 6.80.